The Hall–Kier alpha value is -3.76. The molecule has 8 nitrogen and oxygen atoms in total. The molecule has 1 fully saturated rings. The second-order valence-corrected chi connectivity index (χ2v) is 9.89. The van der Waals surface area contributed by atoms with Crippen LogP contribution in [0.2, 0.25) is 0 Å². The Bertz CT molecular complexity index is 1150. The van der Waals surface area contributed by atoms with Gasteiger partial charge in [0.05, 0.1) is 12.1 Å². The number of hydrogen-bond acceptors (Lipinski definition) is 4. The summed E-state index contributed by atoms with van der Waals surface area (Å²) in [4.78, 5) is 40.7. The van der Waals surface area contributed by atoms with Crippen molar-refractivity contribution in [3.63, 3.8) is 0 Å². The van der Waals surface area contributed by atoms with Gasteiger partial charge in [0.25, 0.3) is 5.91 Å². The first-order chi connectivity index (χ1) is 18.4. The summed E-state index contributed by atoms with van der Waals surface area (Å²) >= 11 is 0. The minimum absolute atomic E-state index is 0.0121. The van der Waals surface area contributed by atoms with Gasteiger partial charge in [-0.3, -0.25) is 19.4 Å². The number of carbonyl (C=O) groups is 3. The third kappa shape index (κ3) is 7.01. The fourth-order valence-electron chi connectivity index (χ4n) is 5.06. The van der Waals surface area contributed by atoms with Crippen LogP contribution in [-0.2, 0) is 11.3 Å². The molecule has 2 aromatic carbocycles. The summed E-state index contributed by atoms with van der Waals surface area (Å²) < 4.78 is 39.3. The van der Waals surface area contributed by atoms with Crippen molar-refractivity contribution in [3.05, 3.63) is 59.7 Å². The number of primary amides is 1. The number of anilines is 2. The van der Waals surface area contributed by atoms with E-state index in [2.05, 4.69) is 19.2 Å². The summed E-state index contributed by atoms with van der Waals surface area (Å²) in [6.45, 7) is 5.04. The smallest absolute Gasteiger partial charge is 0.370 e. The second-order valence-electron chi connectivity index (χ2n) is 9.89. The third-order valence-electron chi connectivity index (χ3n) is 7.06. The van der Waals surface area contributed by atoms with E-state index in [1.54, 1.807) is 41.3 Å². The Morgan fingerprint density at radius 1 is 1.03 bits per heavy atom. The van der Waals surface area contributed by atoms with Gasteiger partial charge < -0.3 is 16.0 Å². The molecule has 3 rings (SSSR count). The normalized spacial score (nSPS) is 15.0. The van der Waals surface area contributed by atoms with Gasteiger partial charge in [-0.2, -0.15) is 13.2 Å². The number of nitrogens with zero attached hydrogens (tertiary/aromatic N) is 3. The van der Waals surface area contributed by atoms with Gasteiger partial charge >= 0.3 is 12.3 Å². The Kier molecular flexibility index (Phi) is 9.47. The molecule has 0 atom stereocenters. The van der Waals surface area contributed by atoms with Crippen molar-refractivity contribution in [2.45, 2.75) is 64.3 Å². The van der Waals surface area contributed by atoms with Gasteiger partial charge in [0.2, 0.25) is 5.91 Å². The van der Waals surface area contributed by atoms with Crippen molar-refractivity contribution in [2.24, 2.45) is 5.73 Å². The molecule has 212 valence electrons. The lowest BCUT2D eigenvalue weighted by Crippen LogP contribution is -2.46. The number of benzene rings is 2. The zero-order chi connectivity index (χ0) is 28.8. The van der Waals surface area contributed by atoms with Crippen LogP contribution in [0.15, 0.2) is 48.5 Å². The molecule has 3 N–H and O–H groups in total. The summed E-state index contributed by atoms with van der Waals surface area (Å²) in [5.74, 6) is -0.820. The molecule has 0 aliphatic carbocycles. The maximum atomic E-state index is 13.8. The van der Waals surface area contributed by atoms with Crippen LogP contribution in [0, 0.1) is 0 Å². The van der Waals surface area contributed by atoms with E-state index in [1.165, 1.54) is 12.1 Å². The molecule has 0 saturated carbocycles. The minimum Gasteiger partial charge on any atom is -0.370 e. The quantitative estimate of drug-likeness (QED) is 0.364. The molecule has 0 radical (unpaired) electrons. The Morgan fingerprint density at radius 3 is 2.13 bits per heavy atom. The minimum atomic E-state index is -4.50. The van der Waals surface area contributed by atoms with Crippen molar-refractivity contribution in [1.82, 2.24) is 10.2 Å². The molecule has 0 unspecified atom stereocenters. The zero-order valence-electron chi connectivity index (χ0n) is 22.6. The van der Waals surface area contributed by atoms with Gasteiger partial charge in [-0.1, -0.05) is 38.8 Å². The largest absolute Gasteiger partial charge is 0.484 e. The van der Waals surface area contributed by atoms with Gasteiger partial charge in [0, 0.05) is 43.5 Å². The van der Waals surface area contributed by atoms with Crippen molar-refractivity contribution >= 4 is 29.2 Å². The van der Waals surface area contributed by atoms with Crippen LogP contribution in [-0.4, -0.2) is 54.7 Å². The molecule has 0 bridgehead atoms. The SMILES string of the molecule is CCCC1(CCC)CN(c2ccc(N(C)C(F)(F)F)cc2)C(=O)N1Cc1ccc(C(=O)NCCC(N)=O)cc1. The number of carbonyl (C=O) groups excluding carboxylic acids is 3. The van der Waals surface area contributed by atoms with Gasteiger partial charge in [0.15, 0.2) is 0 Å². The van der Waals surface area contributed by atoms with Crippen LogP contribution in [0.4, 0.5) is 29.3 Å². The number of halogens is 3. The number of nitrogens with two attached hydrogens (primary N) is 1. The molecule has 0 aromatic heterocycles. The molecule has 0 spiro atoms. The lowest BCUT2D eigenvalue weighted by Gasteiger charge is -2.37. The molecule has 1 aliphatic rings. The van der Waals surface area contributed by atoms with Gasteiger partial charge in [-0.15, -0.1) is 0 Å². The standard InChI is InChI=1S/C28H36F3N5O3/c1-4-15-27(16-5-2)19-35(23-12-10-22(11-13-23)34(3)28(29,30)31)26(39)36(27)18-20-6-8-21(9-7-20)25(38)33-17-14-24(32)37/h6-13H,4-5,14-19H2,1-3H3,(H2,32,37)(H,33,38). The van der Waals surface area contributed by atoms with Crippen molar-refractivity contribution in [2.75, 3.05) is 29.9 Å². The highest BCUT2D eigenvalue weighted by Gasteiger charge is 2.48. The van der Waals surface area contributed by atoms with E-state index in [9.17, 15) is 27.6 Å². The van der Waals surface area contributed by atoms with E-state index in [4.69, 9.17) is 5.73 Å². The maximum Gasteiger partial charge on any atom is 0.484 e. The molecule has 4 amide bonds. The zero-order valence-corrected chi connectivity index (χ0v) is 22.6. The van der Waals surface area contributed by atoms with Crippen LogP contribution in [0.5, 0.6) is 0 Å². The van der Waals surface area contributed by atoms with Crippen LogP contribution in [0.1, 0.15) is 61.9 Å². The topological polar surface area (TPSA) is 99.0 Å². The molecular formula is C28H36F3N5O3. The number of hydrogen-bond donors (Lipinski definition) is 2. The van der Waals surface area contributed by atoms with E-state index in [0.29, 0.717) is 24.3 Å². The summed E-state index contributed by atoms with van der Waals surface area (Å²) in [5.41, 5.74) is 6.47. The van der Waals surface area contributed by atoms with E-state index < -0.39 is 17.7 Å². The second kappa shape index (κ2) is 12.4. The fourth-order valence-corrected chi connectivity index (χ4v) is 5.06. The third-order valence-corrected chi connectivity index (χ3v) is 7.06. The van der Waals surface area contributed by atoms with Gasteiger partial charge in [0.1, 0.15) is 0 Å². The Morgan fingerprint density at radius 2 is 1.62 bits per heavy atom. The molecule has 39 heavy (non-hydrogen) atoms. The molecule has 1 saturated heterocycles. The van der Waals surface area contributed by atoms with Crippen LogP contribution < -0.4 is 20.9 Å². The highest BCUT2D eigenvalue weighted by molar-refractivity contribution is 5.96. The van der Waals surface area contributed by atoms with Crippen LogP contribution >= 0.6 is 0 Å². The molecule has 2 aromatic rings. The van der Waals surface area contributed by atoms with E-state index in [-0.39, 0.29) is 35.5 Å². The van der Waals surface area contributed by atoms with E-state index in [1.807, 2.05) is 4.90 Å². The summed E-state index contributed by atoms with van der Waals surface area (Å²) in [6.07, 6.45) is -1.18. The Balaban J connectivity index is 1.82. The fraction of sp³-hybridized carbons (Fsp3) is 0.464. The number of rotatable bonds is 12. The maximum absolute atomic E-state index is 13.8. The number of alkyl halides is 3. The first-order valence-corrected chi connectivity index (χ1v) is 13.1. The predicted octanol–water partition coefficient (Wildman–Crippen LogP) is 5.03. The molecule has 11 heteroatoms. The number of amides is 4. The van der Waals surface area contributed by atoms with Crippen molar-refractivity contribution < 1.29 is 27.6 Å². The summed E-state index contributed by atoms with van der Waals surface area (Å²) in [5, 5.41) is 2.64. The molecule has 1 heterocycles. The first kappa shape index (κ1) is 29.8. The van der Waals surface area contributed by atoms with Gasteiger partial charge in [-0.25, -0.2) is 4.79 Å². The summed E-state index contributed by atoms with van der Waals surface area (Å²) in [7, 11) is 0.960. The lowest BCUT2D eigenvalue weighted by atomic mass is 9.87. The average molecular weight is 548 g/mol. The van der Waals surface area contributed by atoms with Crippen molar-refractivity contribution in [3.8, 4) is 0 Å². The molecule has 1 aliphatic heterocycles. The number of nitrogens with one attached hydrogen (secondary N) is 1. The molecular weight excluding hydrogens is 511 g/mol. The first-order valence-electron chi connectivity index (χ1n) is 13.1. The Labute approximate surface area is 226 Å². The highest BCUT2D eigenvalue weighted by atomic mass is 19.4. The van der Waals surface area contributed by atoms with E-state index in [0.717, 1.165) is 38.3 Å². The number of urea groups is 1. The van der Waals surface area contributed by atoms with Gasteiger partial charge in [-0.05, 0) is 54.8 Å². The monoisotopic (exact) mass is 547 g/mol. The van der Waals surface area contributed by atoms with E-state index >= 15 is 0 Å². The average Bonchev–Trinajstić information content (AvgIpc) is 3.14. The van der Waals surface area contributed by atoms with Crippen molar-refractivity contribution in [1.29, 1.82) is 0 Å². The lowest BCUT2D eigenvalue weighted by molar-refractivity contribution is -0.125. The van der Waals surface area contributed by atoms with Crippen LogP contribution in [0.25, 0.3) is 0 Å². The summed E-state index contributed by atoms with van der Waals surface area (Å²) in [6, 6.07) is 12.6. The predicted molar refractivity (Wildman–Crippen MR) is 144 cm³/mol. The van der Waals surface area contributed by atoms with Crippen LogP contribution in [0.3, 0.4) is 0 Å². The highest BCUT2D eigenvalue weighted by Crippen LogP contribution is 2.39.